The third-order valence-corrected chi connectivity index (χ3v) is 21.0. The molecule has 2 unspecified atom stereocenters. The molecule has 101 heavy (non-hydrogen) atoms. The lowest BCUT2D eigenvalue weighted by molar-refractivity contribution is 0.482. The number of halogens is 5. The average molecular weight is 1340 g/mol. The molecule has 10 heteroatoms. The van der Waals surface area contributed by atoms with Gasteiger partial charge in [0.15, 0.2) is 11.6 Å². The second-order valence-electron chi connectivity index (χ2n) is 25.5. The van der Waals surface area contributed by atoms with Gasteiger partial charge in [0.05, 0.1) is 10.8 Å². The minimum Gasteiger partial charge on any atom is -0.457 e. The monoisotopic (exact) mass is 1340 g/mol. The van der Waals surface area contributed by atoms with E-state index in [4.69, 9.17) is 9.47 Å². The molecule has 0 amide bonds. The van der Waals surface area contributed by atoms with Crippen molar-refractivity contribution in [3.63, 3.8) is 0 Å². The molecule has 1 aromatic heterocycles. The Kier molecular flexibility index (Phi) is 15.3. The first-order valence-electron chi connectivity index (χ1n) is 33.2. The quantitative estimate of drug-likeness (QED) is 0.0900. The summed E-state index contributed by atoms with van der Waals surface area (Å²) in [7, 11) is 0. The van der Waals surface area contributed by atoms with Crippen molar-refractivity contribution in [2.24, 2.45) is 0 Å². The van der Waals surface area contributed by atoms with Crippen molar-refractivity contribution in [2.45, 2.75) is 17.8 Å². The van der Waals surface area contributed by atoms with E-state index < -0.39 is 22.5 Å². The maximum Gasteiger partial charge on any atom is 0.160 e. The lowest BCUT2D eigenvalue weighted by Crippen LogP contribution is -2.29. The molecule has 2 atom stereocenters. The Balaban J connectivity index is 0.793. The number of thiophene rings is 1. The van der Waals surface area contributed by atoms with Gasteiger partial charge in [-0.3, -0.25) is 0 Å². The molecule has 17 rings (SSSR count). The van der Waals surface area contributed by atoms with Gasteiger partial charge in [-0.2, -0.15) is 0 Å². The first kappa shape index (κ1) is 62.2. The van der Waals surface area contributed by atoms with E-state index in [0.717, 1.165) is 121 Å². The van der Waals surface area contributed by atoms with Gasteiger partial charge in [-0.15, -0.1) is 11.3 Å². The second kappa shape index (κ2) is 24.9. The zero-order valence-electron chi connectivity index (χ0n) is 54.4. The summed E-state index contributed by atoms with van der Waals surface area (Å²) >= 11 is 1.60. The molecule has 0 bridgehead atoms. The minimum absolute atomic E-state index is 0.330. The highest BCUT2D eigenvalue weighted by molar-refractivity contribution is 7.25. The van der Waals surface area contributed by atoms with E-state index in [1.807, 2.05) is 144 Å². The van der Waals surface area contributed by atoms with Crippen LogP contribution in [0.3, 0.4) is 0 Å². The van der Waals surface area contributed by atoms with Crippen molar-refractivity contribution in [3.05, 3.63) is 407 Å². The van der Waals surface area contributed by atoms with E-state index in [-0.39, 0.29) is 17.5 Å². The molecule has 0 spiro atoms. The van der Waals surface area contributed by atoms with Gasteiger partial charge in [0.25, 0.3) is 0 Å². The third kappa shape index (κ3) is 10.5. The smallest absolute Gasteiger partial charge is 0.160 e. The Morgan fingerprint density at radius 3 is 1.06 bits per heavy atom. The van der Waals surface area contributed by atoms with Crippen LogP contribution >= 0.6 is 11.3 Å². The van der Waals surface area contributed by atoms with Crippen molar-refractivity contribution < 1.29 is 31.4 Å². The SMILES string of the molecule is C=Cc1ccc(Oc2ccc(C3(c4ccc(F)cc4)c4ccccc4-c4ccc(N(c5ccc(F)c(C)c5)c5ccc6c(c5)sc5cc(N(c7ccc(F)c(F)c7)c7ccc8c(c7)C(c7ccc(F)cc7)(c7ccc(Oc9ccc(C=C)cc9)cc7)c7ccccc7-8)ccc56)cc43)cc2)cc1. The van der Waals surface area contributed by atoms with Crippen LogP contribution in [0.1, 0.15) is 61.2 Å². The van der Waals surface area contributed by atoms with Crippen molar-refractivity contribution in [3.8, 4) is 45.3 Å². The highest BCUT2D eigenvalue weighted by Gasteiger charge is 2.48. The number of hydrogen-bond donors (Lipinski definition) is 0. The maximum absolute atomic E-state index is 15.9. The summed E-state index contributed by atoms with van der Waals surface area (Å²) in [5.74, 6) is -0.406. The second-order valence-corrected chi connectivity index (χ2v) is 26.6. The van der Waals surface area contributed by atoms with E-state index >= 15 is 22.0 Å². The molecule has 1 heterocycles. The molecule has 0 saturated heterocycles. The Bertz CT molecular complexity index is 5420. The predicted octanol–water partition coefficient (Wildman–Crippen LogP) is 25.6. The number of nitrogens with zero attached hydrogens (tertiary/aromatic N) is 2. The van der Waals surface area contributed by atoms with Gasteiger partial charge in [0, 0.05) is 60.4 Å². The zero-order valence-corrected chi connectivity index (χ0v) is 55.3. The normalized spacial score (nSPS) is 14.8. The van der Waals surface area contributed by atoms with Crippen LogP contribution < -0.4 is 19.3 Å². The van der Waals surface area contributed by atoms with Crippen molar-refractivity contribution in [1.29, 1.82) is 0 Å². The fourth-order valence-corrected chi connectivity index (χ4v) is 16.4. The molecule has 14 aromatic carbocycles. The van der Waals surface area contributed by atoms with Crippen LogP contribution in [-0.2, 0) is 10.8 Å². The molecular weight excluding hydrogens is 1280 g/mol. The largest absolute Gasteiger partial charge is 0.457 e. The topological polar surface area (TPSA) is 24.9 Å². The molecule has 4 nitrogen and oxygen atoms in total. The molecule has 15 aromatic rings. The number of rotatable bonds is 16. The van der Waals surface area contributed by atoms with Gasteiger partial charge >= 0.3 is 0 Å². The maximum atomic E-state index is 15.9. The summed E-state index contributed by atoms with van der Waals surface area (Å²) in [5.41, 5.74) is 16.1. The van der Waals surface area contributed by atoms with Crippen LogP contribution in [-0.4, -0.2) is 0 Å². The highest BCUT2D eigenvalue weighted by atomic mass is 32.1. The molecule has 0 fully saturated rings. The first-order valence-corrected chi connectivity index (χ1v) is 34.0. The fraction of sp³-hybridized carbons (Fsp3) is 0.0330. The summed E-state index contributed by atoms with van der Waals surface area (Å²) in [6.07, 6.45) is 3.57. The van der Waals surface area contributed by atoms with Gasteiger partial charge in [0.1, 0.15) is 40.4 Å². The number of anilines is 6. The molecule has 486 valence electrons. The van der Waals surface area contributed by atoms with E-state index in [2.05, 4.69) is 127 Å². The van der Waals surface area contributed by atoms with Gasteiger partial charge in [-0.05, 0) is 242 Å². The Morgan fingerprint density at radius 1 is 0.317 bits per heavy atom. The van der Waals surface area contributed by atoms with Crippen LogP contribution in [0.4, 0.5) is 56.1 Å². The zero-order chi connectivity index (χ0) is 68.7. The number of ether oxygens (including phenoxy) is 2. The van der Waals surface area contributed by atoms with Crippen LogP contribution in [0, 0.1) is 36.0 Å². The van der Waals surface area contributed by atoms with Crippen molar-refractivity contribution >= 4 is 77.8 Å². The van der Waals surface area contributed by atoms with Gasteiger partial charge in [-0.1, -0.05) is 171 Å². The Labute approximate surface area is 585 Å². The predicted molar refractivity (Wildman–Crippen MR) is 401 cm³/mol. The third-order valence-electron chi connectivity index (χ3n) is 19.9. The van der Waals surface area contributed by atoms with E-state index in [1.165, 1.54) is 36.4 Å². The van der Waals surface area contributed by atoms with Crippen LogP contribution in [0.5, 0.6) is 23.0 Å². The number of fused-ring (bicyclic) bond motifs is 9. The molecule has 0 aliphatic heterocycles. The molecule has 0 saturated carbocycles. The Hall–Kier alpha value is -12.4. The van der Waals surface area contributed by atoms with Crippen molar-refractivity contribution in [1.82, 2.24) is 0 Å². The first-order chi connectivity index (χ1) is 49.3. The van der Waals surface area contributed by atoms with E-state index in [1.54, 1.807) is 42.5 Å². The number of hydrogen-bond acceptors (Lipinski definition) is 5. The molecule has 0 N–H and O–H groups in total. The summed E-state index contributed by atoms with van der Waals surface area (Å²) in [6, 6.07) is 96.0. The van der Waals surface area contributed by atoms with Crippen LogP contribution in [0.25, 0.3) is 54.6 Å². The average Bonchev–Trinajstić information content (AvgIpc) is 1.56. The highest BCUT2D eigenvalue weighted by Crippen LogP contribution is 2.60. The minimum atomic E-state index is -1.00. The van der Waals surface area contributed by atoms with Crippen LogP contribution in [0.2, 0.25) is 0 Å². The lowest BCUT2D eigenvalue weighted by atomic mass is 9.67. The number of aryl methyl sites for hydroxylation is 1. The Morgan fingerprint density at radius 2 is 0.653 bits per heavy atom. The van der Waals surface area contributed by atoms with E-state index in [0.29, 0.717) is 45.6 Å². The van der Waals surface area contributed by atoms with Crippen molar-refractivity contribution in [2.75, 3.05) is 9.80 Å². The standard InChI is InChI=1S/C91H59F5N2O2S/c1-4-57-14-36-71(37-15-57)99-73-40-22-61(23-41-73)90(59-18-26-63(92)27-19-59)81-12-8-6-10-75(81)77-44-30-66(51-83(77)90)97(65-34-48-85(94)56(3)50-65)69-32-46-79-80-47-33-70(55-89(80)101-88(79)54-69)98(68-35-49-86(95)87(96)53-68)67-31-45-78-76-11-7-9-13-82(76)91(84(78)52-67,60-20-28-64(93)29-21-60)62-24-42-74(43-25-62)100-72-38-16-58(5-2)17-39-72/h4-55H,1-2H2,3H3. The molecular formula is C91H59F5N2O2S. The lowest BCUT2D eigenvalue weighted by Gasteiger charge is -2.35. The summed E-state index contributed by atoms with van der Waals surface area (Å²) in [4.78, 5) is 4.11. The summed E-state index contributed by atoms with van der Waals surface area (Å²) < 4.78 is 91.6. The summed E-state index contributed by atoms with van der Waals surface area (Å²) in [6.45, 7) is 9.53. The number of benzene rings is 14. The van der Waals surface area contributed by atoms with Gasteiger partial charge < -0.3 is 19.3 Å². The van der Waals surface area contributed by atoms with Gasteiger partial charge in [-0.25, -0.2) is 22.0 Å². The van der Waals surface area contributed by atoms with Gasteiger partial charge in [0.2, 0.25) is 0 Å². The fourth-order valence-electron chi connectivity index (χ4n) is 15.3. The van der Waals surface area contributed by atoms with Crippen LogP contribution in [0.15, 0.2) is 316 Å². The molecule has 2 aliphatic carbocycles. The molecule has 0 radical (unpaired) electrons. The summed E-state index contributed by atoms with van der Waals surface area (Å²) in [5, 5.41) is 1.98. The molecule has 2 aliphatic rings. The van der Waals surface area contributed by atoms with E-state index in [9.17, 15) is 0 Å².